The van der Waals surface area contributed by atoms with Crippen LogP contribution in [0.3, 0.4) is 0 Å². The minimum atomic E-state index is -5.08. The topological polar surface area (TPSA) is 146 Å². The maximum absolute atomic E-state index is 14.7. The Kier molecular flexibility index (Phi) is 8.02. The fourth-order valence-electron chi connectivity index (χ4n) is 3.38. The van der Waals surface area contributed by atoms with Crippen molar-refractivity contribution in [2.24, 2.45) is 10.7 Å². The first-order chi connectivity index (χ1) is 18.0. The van der Waals surface area contributed by atoms with E-state index in [4.69, 9.17) is 24.9 Å². The minimum absolute atomic E-state index is 0.0888. The molecule has 4 rings (SSSR count). The Bertz CT molecular complexity index is 1360. The van der Waals surface area contributed by atoms with Crippen molar-refractivity contribution in [2.45, 2.75) is 37.3 Å². The van der Waals surface area contributed by atoms with Crippen molar-refractivity contribution in [2.75, 3.05) is 7.11 Å². The molecule has 0 saturated carbocycles. The summed E-state index contributed by atoms with van der Waals surface area (Å²) in [6.07, 6.45) is -9.71. The monoisotopic (exact) mass is 565 g/mol. The van der Waals surface area contributed by atoms with Gasteiger partial charge in [-0.25, -0.2) is 24.1 Å². The molecular formula is C22H18F7N5O5. The molecule has 0 saturated heterocycles. The maximum atomic E-state index is 14.7. The number of hydrogen-bond donors (Lipinski definition) is 2. The van der Waals surface area contributed by atoms with E-state index in [0.29, 0.717) is 17.0 Å². The summed E-state index contributed by atoms with van der Waals surface area (Å²) < 4.78 is 101. The summed E-state index contributed by atoms with van der Waals surface area (Å²) in [5.74, 6) is -2.53. The third kappa shape index (κ3) is 6.91. The third-order valence-electron chi connectivity index (χ3n) is 5.24. The van der Waals surface area contributed by atoms with E-state index in [9.17, 15) is 30.7 Å². The quantitative estimate of drug-likeness (QED) is 0.438. The second-order valence-corrected chi connectivity index (χ2v) is 8.10. The van der Waals surface area contributed by atoms with Crippen LogP contribution in [-0.4, -0.2) is 57.8 Å². The number of nitrogens with zero attached hydrogens (tertiary/aromatic N) is 4. The van der Waals surface area contributed by atoms with Gasteiger partial charge in [0.15, 0.2) is 29.1 Å². The molecule has 1 aliphatic heterocycles. The lowest BCUT2D eigenvalue weighted by Gasteiger charge is -2.36. The SMILES string of the molecule is COc1cnc(-c2cc(-c3ccc(F)c([C@]4(C)C[C@@H](C(F)(F)F)OC(N)=N4)c3)on2)nc1.O=C(O)C(F)(F)F. The van der Waals surface area contributed by atoms with Gasteiger partial charge in [0, 0.05) is 23.6 Å². The highest BCUT2D eigenvalue weighted by atomic mass is 19.4. The summed E-state index contributed by atoms with van der Waals surface area (Å²) in [4.78, 5) is 21.1. The summed E-state index contributed by atoms with van der Waals surface area (Å²) in [7, 11) is 1.48. The Labute approximate surface area is 214 Å². The number of halogens is 7. The Morgan fingerprint density at radius 1 is 1.15 bits per heavy atom. The number of benzene rings is 1. The van der Waals surface area contributed by atoms with Crippen molar-refractivity contribution >= 4 is 12.0 Å². The number of hydrogen-bond acceptors (Lipinski definition) is 9. The molecule has 0 unspecified atom stereocenters. The van der Waals surface area contributed by atoms with Crippen molar-refractivity contribution < 1.29 is 54.6 Å². The first-order valence-electron chi connectivity index (χ1n) is 10.6. The van der Waals surface area contributed by atoms with Crippen molar-refractivity contribution in [1.29, 1.82) is 0 Å². The molecule has 17 heteroatoms. The first kappa shape index (κ1) is 29.1. The summed E-state index contributed by atoms with van der Waals surface area (Å²) in [6.45, 7) is 1.36. The maximum Gasteiger partial charge on any atom is 0.490 e. The van der Waals surface area contributed by atoms with E-state index in [1.807, 2.05) is 0 Å². The molecule has 2 aromatic heterocycles. The van der Waals surface area contributed by atoms with Crippen LogP contribution in [0.1, 0.15) is 18.9 Å². The van der Waals surface area contributed by atoms with E-state index in [2.05, 4.69) is 24.9 Å². The number of rotatable bonds is 4. The molecule has 0 aliphatic carbocycles. The van der Waals surface area contributed by atoms with E-state index in [-0.39, 0.29) is 17.1 Å². The average Bonchev–Trinajstić information content (AvgIpc) is 3.33. The Hall–Kier alpha value is -4.44. The van der Waals surface area contributed by atoms with E-state index in [1.54, 1.807) is 0 Å². The fourth-order valence-corrected chi connectivity index (χ4v) is 3.38. The normalized spacial score (nSPS) is 19.3. The fraction of sp³-hybridized carbons (Fsp3) is 0.318. The van der Waals surface area contributed by atoms with E-state index in [0.717, 1.165) is 6.07 Å². The number of aliphatic carboxylic acids is 1. The van der Waals surface area contributed by atoms with Crippen LogP contribution >= 0.6 is 0 Å². The van der Waals surface area contributed by atoms with Gasteiger partial charge in [-0.2, -0.15) is 26.3 Å². The van der Waals surface area contributed by atoms with E-state index >= 15 is 0 Å². The molecule has 3 heterocycles. The smallest absolute Gasteiger partial charge is 0.490 e. The number of methoxy groups -OCH3 is 1. The lowest BCUT2D eigenvalue weighted by Crippen LogP contribution is -2.46. The number of aromatic nitrogens is 3. The zero-order valence-corrected chi connectivity index (χ0v) is 19.8. The predicted molar refractivity (Wildman–Crippen MR) is 118 cm³/mol. The lowest BCUT2D eigenvalue weighted by molar-refractivity contribution is -0.208. The third-order valence-corrected chi connectivity index (χ3v) is 5.24. The molecular weight excluding hydrogens is 547 g/mol. The lowest BCUT2D eigenvalue weighted by atomic mass is 9.84. The molecule has 39 heavy (non-hydrogen) atoms. The van der Waals surface area contributed by atoms with Gasteiger partial charge in [-0.1, -0.05) is 5.16 Å². The van der Waals surface area contributed by atoms with Crippen LogP contribution in [0.2, 0.25) is 0 Å². The second kappa shape index (κ2) is 10.7. The average molecular weight is 565 g/mol. The number of carboxylic acids is 1. The molecule has 0 radical (unpaired) electrons. The summed E-state index contributed by atoms with van der Waals surface area (Å²) in [5.41, 5.74) is 4.47. The molecule has 0 amide bonds. The van der Waals surface area contributed by atoms with Gasteiger partial charge in [0.05, 0.1) is 25.0 Å². The molecule has 0 fully saturated rings. The van der Waals surface area contributed by atoms with Crippen LogP contribution in [-0.2, 0) is 15.1 Å². The van der Waals surface area contributed by atoms with E-state index < -0.39 is 48.2 Å². The molecule has 210 valence electrons. The Balaban J connectivity index is 0.000000532. The van der Waals surface area contributed by atoms with Crippen LogP contribution < -0.4 is 10.5 Å². The van der Waals surface area contributed by atoms with Gasteiger partial charge in [-0.15, -0.1) is 0 Å². The van der Waals surface area contributed by atoms with Crippen LogP contribution in [0.4, 0.5) is 30.7 Å². The Morgan fingerprint density at radius 3 is 2.31 bits per heavy atom. The van der Waals surface area contributed by atoms with Gasteiger partial charge >= 0.3 is 18.3 Å². The number of nitrogens with two attached hydrogens (primary N) is 1. The van der Waals surface area contributed by atoms with Crippen LogP contribution in [0, 0.1) is 5.82 Å². The summed E-state index contributed by atoms with van der Waals surface area (Å²) >= 11 is 0. The van der Waals surface area contributed by atoms with Gasteiger partial charge < -0.3 is 24.8 Å². The highest BCUT2D eigenvalue weighted by molar-refractivity contribution is 5.74. The zero-order valence-electron chi connectivity index (χ0n) is 19.8. The van der Waals surface area contributed by atoms with Crippen molar-refractivity contribution in [3.8, 4) is 28.6 Å². The van der Waals surface area contributed by atoms with Crippen molar-refractivity contribution in [1.82, 2.24) is 15.1 Å². The molecule has 0 spiro atoms. The highest BCUT2D eigenvalue weighted by Crippen LogP contribution is 2.42. The summed E-state index contributed by atoms with van der Waals surface area (Å²) in [5, 5.41) is 11.0. The van der Waals surface area contributed by atoms with E-state index in [1.165, 1.54) is 44.6 Å². The summed E-state index contributed by atoms with van der Waals surface area (Å²) in [6, 6.07) is 4.75. The molecule has 3 N–H and O–H groups in total. The minimum Gasteiger partial charge on any atom is -0.494 e. The number of aliphatic imine (C=N–C) groups is 1. The van der Waals surface area contributed by atoms with Gasteiger partial charge in [-0.05, 0) is 25.1 Å². The number of alkyl halides is 6. The number of ether oxygens (including phenoxy) is 2. The molecule has 2 atom stereocenters. The van der Waals surface area contributed by atoms with Crippen LogP contribution in [0.5, 0.6) is 5.75 Å². The molecule has 3 aromatic rings. The van der Waals surface area contributed by atoms with Crippen LogP contribution in [0.25, 0.3) is 22.8 Å². The predicted octanol–water partition coefficient (Wildman–Crippen LogP) is 4.46. The zero-order chi connectivity index (χ0) is 29.2. The molecule has 0 bridgehead atoms. The van der Waals surface area contributed by atoms with Gasteiger partial charge in [0.1, 0.15) is 5.82 Å². The van der Waals surface area contributed by atoms with Gasteiger partial charge in [0.2, 0.25) is 0 Å². The second-order valence-electron chi connectivity index (χ2n) is 8.10. The largest absolute Gasteiger partial charge is 0.494 e. The van der Waals surface area contributed by atoms with Gasteiger partial charge in [0.25, 0.3) is 6.02 Å². The molecule has 1 aliphatic rings. The number of amidine groups is 1. The molecule has 1 aromatic carbocycles. The standard InChI is InChI=1S/C20H17F4N5O3.C2HF3O2/c1-19(7-16(20(22,23)24)31-18(25)28-19)12-5-10(3-4-13(12)21)15-6-14(29-32-15)17-26-8-11(30-2)9-27-17;3-2(4,5)1(6)7/h3-6,8-9,16H,7H2,1-2H3,(H2,25,28);(H,6,7)/t16-,19-;/m0./s1. The number of carbonyl (C=O) groups is 1. The molecule has 10 nitrogen and oxygen atoms in total. The van der Waals surface area contributed by atoms with Crippen molar-refractivity contribution in [3.05, 3.63) is 48.0 Å². The highest BCUT2D eigenvalue weighted by Gasteiger charge is 2.50. The van der Waals surface area contributed by atoms with Crippen molar-refractivity contribution in [3.63, 3.8) is 0 Å². The van der Waals surface area contributed by atoms with Gasteiger partial charge in [-0.3, -0.25) is 0 Å². The Morgan fingerprint density at radius 2 is 1.77 bits per heavy atom. The van der Waals surface area contributed by atoms with Crippen LogP contribution in [0.15, 0.2) is 46.2 Å². The first-order valence-corrected chi connectivity index (χ1v) is 10.6. The number of carboxylic acid groups (broad SMARTS) is 1.